The fraction of sp³-hybridized carbons (Fsp3) is 0.609. The summed E-state index contributed by atoms with van der Waals surface area (Å²) >= 11 is 0. The molecule has 0 unspecified atom stereocenters. The first-order valence-electron chi connectivity index (χ1n) is 11.3. The van der Waals surface area contributed by atoms with Gasteiger partial charge in [0.15, 0.2) is 0 Å². The van der Waals surface area contributed by atoms with E-state index >= 15 is 0 Å². The Labute approximate surface area is 182 Å². The Bertz CT molecular complexity index is 1080. The van der Waals surface area contributed by atoms with E-state index in [2.05, 4.69) is 35.0 Å². The minimum atomic E-state index is -0.291. The number of H-pyrrole nitrogens is 1. The molecule has 8 nitrogen and oxygen atoms in total. The third-order valence-corrected chi connectivity index (χ3v) is 7.42. The highest BCUT2D eigenvalue weighted by Gasteiger charge is 2.39. The van der Waals surface area contributed by atoms with E-state index in [1.165, 1.54) is 0 Å². The normalized spacial score (nSPS) is 16.9. The largest absolute Gasteiger partial charge is 0.339 e. The number of carbonyl (C=O) groups is 1. The summed E-state index contributed by atoms with van der Waals surface area (Å²) < 4.78 is 1.55. The Balaban J connectivity index is 1.52. The topological polar surface area (TPSA) is 108 Å². The van der Waals surface area contributed by atoms with Crippen LogP contribution in [0, 0.1) is 29.6 Å². The van der Waals surface area contributed by atoms with Crippen molar-refractivity contribution in [1.82, 2.24) is 24.6 Å². The van der Waals surface area contributed by atoms with Crippen LogP contribution in [0.5, 0.6) is 0 Å². The molecule has 164 valence electrons. The van der Waals surface area contributed by atoms with Crippen molar-refractivity contribution in [2.75, 3.05) is 13.1 Å². The number of nitriles is 1. The molecule has 2 aromatic rings. The predicted molar refractivity (Wildman–Crippen MR) is 116 cm³/mol. The zero-order valence-corrected chi connectivity index (χ0v) is 18.6. The number of carbonyl (C=O) groups excluding carboxylic acids is 1. The van der Waals surface area contributed by atoms with Gasteiger partial charge in [0.1, 0.15) is 0 Å². The van der Waals surface area contributed by atoms with E-state index in [0.717, 1.165) is 56.2 Å². The number of fused-ring (bicyclic) bond motifs is 1. The minimum Gasteiger partial charge on any atom is -0.339 e. The molecule has 4 rings (SSSR count). The second kappa shape index (κ2) is 8.29. The van der Waals surface area contributed by atoms with E-state index in [1.807, 2.05) is 11.8 Å². The molecule has 1 amide bonds. The summed E-state index contributed by atoms with van der Waals surface area (Å²) in [6.45, 7) is 7.28. The van der Waals surface area contributed by atoms with Crippen LogP contribution >= 0.6 is 0 Å². The molecule has 2 aliphatic rings. The third kappa shape index (κ3) is 3.56. The summed E-state index contributed by atoms with van der Waals surface area (Å²) in [5.41, 5.74) is 2.38. The van der Waals surface area contributed by atoms with Crippen molar-refractivity contribution in [3.63, 3.8) is 0 Å². The SMILES string of the molecule is CCC(C#N)(CC)C1CCN(C(=O)c2cnn(-c3nc4c(c(=O)[nH]3)CCC4)c2C)CC1. The molecule has 3 heterocycles. The zero-order chi connectivity index (χ0) is 22.2. The number of nitrogens with zero attached hydrogens (tertiary/aromatic N) is 5. The fourth-order valence-corrected chi connectivity index (χ4v) is 5.24. The fourth-order valence-electron chi connectivity index (χ4n) is 5.24. The summed E-state index contributed by atoms with van der Waals surface area (Å²) in [6, 6.07) is 2.56. The molecule has 31 heavy (non-hydrogen) atoms. The number of aryl methyl sites for hydroxylation is 1. The molecule has 2 aromatic heterocycles. The second-order valence-electron chi connectivity index (χ2n) is 8.77. The average Bonchev–Trinajstić information content (AvgIpc) is 3.42. The van der Waals surface area contributed by atoms with Crippen LogP contribution < -0.4 is 5.56 Å². The highest BCUT2D eigenvalue weighted by atomic mass is 16.2. The lowest BCUT2D eigenvalue weighted by Gasteiger charge is -2.40. The molecule has 0 aromatic carbocycles. The number of likely N-dealkylation sites (tertiary alicyclic amines) is 1. The summed E-state index contributed by atoms with van der Waals surface area (Å²) in [4.78, 5) is 34.8. The van der Waals surface area contributed by atoms with Gasteiger partial charge in [0, 0.05) is 18.7 Å². The van der Waals surface area contributed by atoms with Crippen molar-refractivity contribution in [3.8, 4) is 12.0 Å². The van der Waals surface area contributed by atoms with Crippen molar-refractivity contribution >= 4 is 5.91 Å². The molecular formula is C23H30N6O2. The third-order valence-electron chi connectivity index (χ3n) is 7.42. The summed E-state index contributed by atoms with van der Waals surface area (Å²) in [6.07, 6.45) is 7.44. The molecule has 0 radical (unpaired) electrons. The minimum absolute atomic E-state index is 0.0544. The lowest BCUT2D eigenvalue weighted by molar-refractivity contribution is 0.0600. The van der Waals surface area contributed by atoms with Crippen molar-refractivity contribution in [2.24, 2.45) is 11.3 Å². The van der Waals surface area contributed by atoms with E-state index in [-0.39, 0.29) is 16.9 Å². The summed E-state index contributed by atoms with van der Waals surface area (Å²) in [5, 5.41) is 14.1. The Morgan fingerprint density at radius 3 is 2.65 bits per heavy atom. The van der Waals surface area contributed by atoms with Crippen LogP contribution in [0.4, 0.5) is 0 Å². The number of piperidine rings is 1. The number of aromatic nitrogens is 4. The first-order chi connectivity index (χ1) is 14.9. The first-order valence-corrected chi connectivity index (χ1v) is 11.3. The van der Waals surface area contributed by atoms with Crippen LogP contribution in [0.15, 0.2) is 11.0 Å². The molecule has 1 aliphatic carbocycles. The molecule has 1 N–H and O–H groups in total. The van der Waals surface area contributed by atoms with Gasteiger partial charge in [0.2, 0.25) is 5.95 Å². The molecule has 0 bridgehead atoms. The quantitative estimate of drug-likeness (QED) is 0.797. The van der Waals surface area contributed by atoms with E-state index in [0.29, 0.717) is 36.2 Å². The molecule has 1 saturated heterocycles. The molecule has 0 saturated carbocycles. The van der Waals surface area contributed by atoms with Gasteiger partial charge >= 0.3 is 0 Å². The van der Waals surface area contributed by atoms with E-state index < -0.39 is 0 Å². The lowest BCUT2D eigenvalue weighted by Crippen LogP contribution is -2.43. The molecule has 1 fully saturated rings. The number of rotatable bonds is 5. The van der Waals surface area contributed by atoms with Gasteiger partial charge in [0.25, 0.3) is 11.5 Å². The number of amides is 1. The van der Waals surface area contributed by atoms with Gasteiger partial charge in [-0.25, -0.2) is 9.67 Å². The van der Waals surface area contributed by atoms with E-state index in [4.69, 9.17) is 0 Å². The number of hydrogen-bond acceptors (Lipinski definition) is 5. The Hall–Kier alpha value is -2.95. The summed E-state index contributed by atoms with van der Waals surface area (Å²) in [7, 11) is 0. The van der Waals surface area contributed by atoms with Gasteiger partial charge in [-0.1, -0.05) is 13.8 Å². The van der Waals surface area contributed by atoms with E-state index in [1.54, 1.807) is 10.9 Å². The molecule has 8 heteroatoms. The first kappa shape index (κ1) is 21.3. The van der Waals surface area contributed by atoms with Crippen LogP contribution in [-0.2, 0) is 12.8 Å². The van der Waals surface area contributed by atoms with Crippen LogP contribution in [0.25, 0.3) is 5.95 Å². The van der Waals surface area contributed by atoms with Crippen molar-refractivity contribution in [3.05, 3.63) is 39.1 Å². The lowest BCUT2D eigenvalue weighted by atomic mass is 9.68. The average molecular weight is 423 g/mol. The van der Waals surface area contributed by atoms with Gasteiger partial charge in [-0.05, 0) is 57.8 Å². The predicted octanol–water partition coefficient (Wildman–Crippen LogP) is 2.93. The maximum absolute atomic E-state index is 13.2. The molecular weight excluding hydrogens is 392 g/mol. The highest BCUT2D eigenvalue weighted by molar-refractivity contribution is 5.95. The van der Waals surface area contributed by atoms with Gasteiger partial charge in [0.05, 0.1) is 34.6 Å². The monoisotopic (exact) mass is 422 g/mol. The Kier molecular flexibility index (Phi) is 5.69. The van der Waals surface area contributed by atoms with Gasteiger partial charge in [-0.3, -0.25) is 14.6 Å². The molecule has 0 atom stereocenters. The number of nitrogens with one attached hydrogen (secondary N) is 1. The van der Waals surface area contributed by atoms with Gasteiger partial charge < -0.3 is 4.90 Å². The smallest absolute Gasteiger partial charge is 0.257 e. The van der Waals surface area contributed by atoms with Crippen LogP contribution in [0.1, 0.15) is 73.3 Å². The van der Waals surface area contributed by atoms with Crippen LogP contribution in [0.2, 0.25) is 0 Å². The van der Waals surface area contributed by atoms with E-state index in [9.17, 15) is 14.9 Å². The molecule has 0 spiro atoms. The van der Waals surface area contributed by atoms with Crippen molar-refractivity contribution < 1.29 is 4.79 Å². The molecule has 1 aliphatic heterocycles. The standard InChI is InChI=1S/C23H30N6O2/c1-4-23(5-2,14-24)16-9-11-28(12-10-16)21(31)18-13-25-29(15(18)3)22-26-19-8-6-7-17(19)20(30)27-22/h13,16H,4-12H2,1-3H3,(H,26,27,30). The van der Waals surface area contributed by atoms with Crippen molar-refractivity contribution in [2.45, 2.75) is 65.7 Å². The number of hydrogen-bond donors (Lipinski definition) is 1. The number of aromatic amines is 1. The van der Waals surface area contributed by atoms with Gasteiger partial charge in [-0.15, -0.1) is 0 Å². The van der Waals surface area contributed by atoms with Gasteiger partial charge in [-0.2, -0.15) is 10.4 Å². The van der Waals surface area contributed by atoms with Crippen molar-refractivity contribution in [1.29, 1.82) is 5.26 Å². The Morgan fingerprint density at radius 2 is 2.00 bits per heavy atom. The Morgan fingerprint density at radius 1 is 1.29 bits per heavy atom. The maximum atomic E-state index is 13.2. The second-order valence-corrected chi connectivity index (χ2v) is 8.77. The van der Waals surface area contributed by atoms with Crippen LogP contribution in [0.3, 0.4) is 0 Å². The maximum Gasteiger partial charge on any atom is 0.257 e. The van der Waals surface area contributed by atoms with Crippen LogP contribution in [-0.4, -0.2) is 43.6 Å². The highest BCUT2D eigenvalue weighted by Crippen LogP contribution is 2.40. The summed E-state index contributed by atoms with van der Waals surface area (Å²) in [5.74, 6) is 0.632. The zero-order valence-electron chi connectivity index (χ0n) is 18.6.